The van der Waals surface area contributed by atoms with Crippen molar-refractivity contribution in [2.45, 2.75) is 0 Å². The predicted molar refractivity (Wildman–Crippen MR) is 40.5 cm³/mol. The van der Waals surface area contributed by atoms with Crippen molar-refractivity contribution in [1.82, 2.24) is 0 Å². The van der Waals surface area contributed by atoms with Crippen molar-refractivity contribution in [3.63, 3.8) is 0 Å². The van der Waals surface area contributed by atoms with Crippen LogP contribution < -0.4 is 5.32 Å². The lowest BCUT2D eigenvalue weighted by Crippen LogP contribution is -1.89. The van der Waals surface area contributed by atoms with Crippen molar-refractivity contribution in [2.75, 3.05) is 5.32 Å². The summed E-state index contributed by atoms with van der Waals surface area (Å²) in [5, 5.41) is 19.5. The van der Waals surface area contributed by atoms with Crippen LogP contribution in [0.5, 0.6) is 0 Å². The Hall–Kier alpha value is -1.54. The third-order valence-corrected chi connectivity index (χ3v) is 1.98. The molecule has 0 unspecified atom stereocenters. The second-order valence-electron chi connectivity index (χ2n) is 1.71. The standard InChI is InChI=1S/C6H4N2O2S/c7-3-8-5-2-1-4(11-5)6(9)10/h1-2,8H,(H,9,10). The van der Waals surface area contributed by atoms with Gasteiger partial charge in [0.1, 0.15) is 9.88 Å². The van der Waals surface area contributed by atoms with E-state index in [1.807, 2.05) is 0 Å². The predicted octanol–water partition coefficient (Wildman–Crippen LogP) is 1.34. The number of hydrogen-bond acceptors (Lipinski definition) is 4. The van der Waals surface area contributed by atoms with E-state index in [1.54, 1.807) is 12.3 Å². The molecule has 0 fully saturated rings. The number of thiophene rings is 1. The van der Waals surface area contributed by atoms with Gasteiger partial charge in [-0.2, -0.15) is 5.26 Å². The first kappa shape index (κ1) is 7.57. The number of aromatic carboxylic acids is 1. The van der Waals surface area contributed by atoms with Crippen LogP contribution in [0.4, 0.5) is 5.00 Å². The fourth-order valence-electron chi connectivity index (χ4n) is 0.575. The van der Waals surface area contributed by atoms with E-state index in [9.17, 15) is 4.79 Å². The summed E-state index contributed by atoms with van der Waals surface area (Å²) in [5.41, 5.74) is 0. The topological polar surface area (TPSA) is 73.1 Å². The highest BCUT2D eigenvalue weighted by molar-refractivity contribution is 7.17. The summed E-state index contributed by atoms with van der Waals surface area (Å²) >= 11 is 1.03. The van der Waals surface area contributed by atoms with Crippen LogP contribution in [0.3, 0.4) is 0 Å². The maximum Gasteiger partial charge on any atom is 0.345 e. The molecule has 0 aliphatic heterocycles. The van der Waals surface area contributed by atoms with Crippen LogP contribution >= 0.6 is 11.3 Å². The molecule has 0 saturated carbocycles. The number of rotatable bonds is 2. The number of nitriles is 1. The number of nitrogens with one attached hydrogen (secondary N) is 1. The van der Waals surface area contributed by atoms with E-state index >= 15 is 0 Å². The SMILES string of the molecule is N#CNc1ccc(C(=O)O)s1. The van der Waals surface area contributed by atoms with Gasteiger partial charge in [-0.3, -0.25) is 5.32 Å². The Bertz CT molecular complexity index is 313. The summed E-state index contributed by atoms with van der Waals surface area (Å²) in [5.74, 6) is -0.971. The summed E-state index contributed by atoms with van der Waals surface area (Å²) in [7, 11) is 0. The van der Waals surface area contributed by atoms with Crippen molar-refractivity contribution in [3.05, 3.63) is 17.0 Å². The number of carbonyl (C=O) groups is 1. The van der Waals surface area contributed by atoms with E-state index in [4.69, 9.17) is 10.4 Å². The number of carboxylic acid groups (broad SMARTS) is 1. The van der Waals surface area contributed by atoms with Crippen LogP contribution in [0.15, 0.2) is 12.1 Å². The minimum Gasteiger partial charge on any atom is -0.477 e. The zero-order valence-electron chi connectivity index (χ0n) is 5.37. The van der Waals surface area contributed by atoms with Crippen LogP contribution in [-0.2, 0) is 0 Å². The molecule has 0 atom stereocenters. The van der Waals surface area contributed by atoms with Crippen molar-refractivity contribution >= 4 is 22.3 Å². The van der Waals surface area contributed by atoms with Crippen LogP contribution in [0.1, 0.15) is 9.67 Å². The molecule has 0 aliphatic carbocycles. The second-order valence-corrected chi connectivity index (χ2v) is 2.79. The molecule has 0 radical (unpaired) electrons. The zero-order chi connectivity index (χ0) is 8.27. The maximum atomic E-state index is 10.3. The van der Waals surface area contributed by atoms with Gasteiger partial charge >= 0.3 is 5.97 Å². The van der Waals surface area contributed by atoms with E-state index in [0.717, 1.165) is 11.3 Å². The van der Waals surface area contributed by atoms with Gasteiger partial charge in [-0.1, -0.05) is 0 Å². The molecule has 11 heavy (non-hydrogen) atoms. The molecule has 5 heteroatoms. The van der Waals surface area contributed by atoms with Gasteiger partial charge in [0.2, 0.25) is 0 Å². The lowest BCUT2D eigenvalue weighted by molar-refractivity contribution is 0.0702. The number of carboxylic acids is 1. The first-order valence-corrected chi connectivity index (χ1v) is 3.54. The van der Waals surface area contributed by atoms with Gasteiger partial charge < -0.3 is 5.11 Å². The van der Waals surface area contributed by atoms with E-state index in [1.165, 1.54) is 6.07 Å². The number of anilines is 1. The Labute approximate surface area is 66.7 Å². The van der Waals surface area contributed by atoms with E-state index in [0.29, 0.717) is 5.00 Å². The molecule has 56 valence electrons. The van der Waals surface area contributed by atoms with Crippen molar-refractivity contribution in [2.24, 2.45) is 0 Å². The minimum atomic E-state index is -0.971. The summed E-state index contributed by atoms with van der Waals surface area (Å²) < 4.78 is 0. The summed E-state index contributed by atoms with van der Waals surface area (Å²) in [4.78, 5) is 10.5. The quantitative estimate of drug-likeness (QED) is 0.516. The molecule has 0 spiro atoms. The maximum absolute atomic E-state index is 10.3. The lowest BCUT2D eigenvalue weighted by Gasteiger charge is -1.85. The third-order valence-electron chi connectivity index (χ3n) is 0.996. The van der Waals surface area contributed by atoms with Crippen LogP contribution in [0, 0.1) is 11.5 Å². The minimum absolute atomic E-state index is 0.225. The molecule has 0 saturated heterocycles. The largest absolute Gasteiger partial charge is 0.477 e. The molecule has 2 N–H and O–H groups in total. The Morgan fingerprint density at radius 1 is 1.73 bits per heavy atom. The normalized spacial score (nSPS) is 8.64. The van der Waals surface area contributed by atoms with Crippen molar-refractivity contribution in [1.29, 1.82) is 5.26 Å². The monoisotopic (exact) mass is 168 g/mol. The molecule has 1 aromatic rings. The van der Waals surface area contributed by atoms with E-state index < -0.39 is 5.97 Å². The van der Waals surface area contributed by atoms with Crippen molar-refractivity contribution < 1.29 is 9.90 Å². The van der Waals surface area contributed by atoms with Gasteiger partial charge in [0.25, 0.3) is 0 Å². The Balaban J connectivity index is 2.83. The first-order valence-electron chi connectivity index (χ1n) is 2.72. The Kier molecular flexibility index (Phi) is 2.09. The molecule has 0 amide bonds. The average Bonchev–Trinajstić information content (AvgIpc) is 2.37. The molecule has 0 bridgehead atoms. The van der Waals surface area contributed by atoms with Gasteiger partial charge in [-0.15, -0.1) is 11.3 Å². The molecule has 1 rings (SSSR count). The fraction of sp³-hybridized carbons (Fsp3) is 0. The second kappa shape index (κ2) is 3.03. The van der Waals surface area contributed by atoms with Gasteiger partial charge in [0.15, 0.2) is 6.19 Å². The van der Waals surface area contributed by atoms with Crippen molar-refractivity contribution in [3.8, 4) is 6.19 Å². The highest BCUT2D eigenvalue weighted by Gasteiger charge is 2.05. The molecule has 4 nitrogen and oxygen atoms in total. The first-order chi connectivity index (χ1) is 5.24. The molecule has 1 aromatic heterocycles. The molecular formula is C6H4N2O2S. The van der Waals surface area contributed by atoms with Crippen LogP contribution in [-0.4, -0.2) is 11.1 Å². The average molecular weight is 168 g/mol. The third kappa shape index (κ3) is 1.69. The number of nitrogens with zero attached hydrogens (tertiary/aromatic N) is 1. The van der Waals surface area contributed by atoms with Gasteiger partial charge in [0.05, 0.1) is 0 Å². The Morgan fingerprint density at radius 2 is 2.45 bits per heavy atom. The summed E-state index contributed by atoms with van der Waals surface area (Å²) in [6, 6.07) is 3.00. The van der Waals surface area contributed by atoms with Crippen LogP contribution in [0.25, 0.3) is 0 Å². The molecular weight excluding hydrogens is 164 g/mol. The molecule has 0 aliphatic rings. The summed E-state index contributed by atoms with van der Waals surface area (Å²) in [6.45, 7) is 0. The highest BCUT2D eigenvalue weighted by atomic mass is 32.1. The zero-order valence-corrected chi connectivity index (χ0v) is 6.18. The molecule has 0 aromatic carbocycles. The van der Waals surface area contributed by atoms with E-state index in [-0.39, 0.29) is 4.88 Å². The Morgan fingerprint density at radius 3 is 2.91 bits per heavy atom. The highest BCUT2D eigenvalue weighted by Crippen LogP contribution is 2.20. The summed E-state index contributed by atoms with van der Waals surface area (Å²) in [6.07, 6.45) is 1.70. The van der Waals surface area contributed by atoms with Crippen LogP contribution in [0.2, 0.25) is 0 Å². The lowest BCUT2D eigenvalue weighted by atomic mass is 10.5. The van der Waals surface area contributed by atoms with Gasteiger partial charge in [-0.05, 0) is 12.1 Å². The number of hydrogen-bond donors (Lipinski definition) is 2. The van der Waals surface area contributed by atoms with Gasteiger partial charge in [-0.25, -0.2) is 4.79 Å². The smallest absolute Gasteiger partial charge is 0.345 e. The molecule has 1 heterocycles. The fourth-order valence-corrected chi connectivity index (χ4v) is 1.27. The van der Waals surface area contributed by atoms with Gasteiger partial charge in [0, 0.05) is 0 Å². The van der Waals surface area contributed by atoms with E-state index in [2.05, 4.69) is 5.32 Å².